The summed E-state index contributed by atoms with van der Waals surface area (Å²) < 4.78 is 130. The number of nitrogens with zero attached hydrogens (tertiary/aromatic N) is 6. The van der Waals surface area contributed by atoms with Gasteiger partial charge in [0, 0.05) is 107 Å². The van der Waals surface area contributed by atoms with Crippen LogP contribution < -0.4 is 31.0 Å². The zero-order chi connectivity index (χ0) is 91.0. The van der Waals surface area contributed by atoms with Crippen LogP contribution in [0, 0.1) is 17.8 Å². The molecular formula is C86H107N10O31P2+. The van der Waals surface area contributed by atoms with Crippen LogP contribution in [0.25, 0.3) is 22.3 Å². The van der Waals surface area contributed by atoms with Gasteiger partial charge >= 0.3 is 44.3 Å². The van der Waals surface area contributed by atoms with Crippen molar-refractivity contribution in [1.82, 2.24) is 39.7 Å². The van der Waals surface area contributed by atoms with Gasteiger partial charge in [-0.05, 0) is 64.4 Å². The molecule has 41 nitrogen and oxygen atoms in total. The van der Waals surface area contributed by atoms with Crippen LogP contribution in [-0.2, 0) is 126 Å². The molecule has 0 spiro atoms. The summed E-state index contributed by atoms with van der Waals surface area (Å²) in [5.41, 5.74) is 3.68. The van der Waals surface area contributed by atoms with Crippen LogP contribution in [0.2, 0.25) is 0 Å². The van der Waals surface area contributed by atoms with Gasteiger partial charge in [-0.2, -0.15) is 4.98 Å². The van der Waals surface area contributed by atoms with Crippen molar-refractivity contribution in [2.24, 2.45) is 17.8 Å². The normalized spacial score (nSPS) is 21.8. The van der Waals surface area contributed by atoms with Crippen molar-refractivity contribution in [1.29, 1.82) is 0 Å². The molecule has 4 heterocycles. The molecule has 129 heavy (non-hydrogen) atoms. The Bertz CT molecular complexity index is 4920. The molecule has 3 saturated carbocycles. The number of alkyl carbamates (subject to hydrolysis) is 1. The number of ether oxygens (including phenoxy) is 16. The van der Waals surface area contributed by atoms with Crippen molar-refractivity contribution in [2.75, 3.05) is 157 Å². The first-order valence-corrected chi connectivity index (χ1v) is 44.1. The summed E-state index contributed by atoms with van der Waals surface area (Å²) in [5.74, 6) is -7.64. The average Bonchev–Trinajstić information content (AvgIpc) is 1.65. The van der Waals surface area contributed by atoms with Crippen molar-refractivity contribution >= 4 is 88.0 Å². The highest BCUT2D eigenvalue weighted by Gasteiger charge is 2.55. The molecule has 0 radical (unpaired) electrons. The molecule has 2 unspecified atom stereocenters. The Hall–Kier alpha value is -10.7. The predicted molar refractivity (Wildman–Crippen MR) is 455 cm³/mol. The van der Waals surface area contributed by atoms with E-state index in [0.29, 0.717) is 84.8 Å². The number of amides is 4. The minimum Gasteiger partial charge on any atom is -0.484 e. The molecule has 4 aromatic carbocycles. The summed E-state index contributed by atoms with van der Waals surface area (Å²) in [6, 6.07) is 27.1. The van der Waals surface area contributed by atoms with Crippen LogP contribution >= 0.6 is 17.3 Å². The van der Waals surface area contributed by atoms with Gasteiger partial charge in [-0.15, -0.1) is 9.05 Å². The van der Waals surface area contributed by atoms with Crippen LogP contribution in [0.5, 0.6) is 11.6 Å². The number of nitrogens with one attached hydrogen (secondary N) is 4. The van der Waals surface area contributed by atoms with E-state index in [1.807, 2.05) is 48.5 Å². The average molecular weight is 1840 g/mol. The lowest BCUT2D eigenvalue weighted by Crippen LogP contribution is -2.61. The molecule has 4 fully saturated rings. The smallest absolute Gasteiger partial charge is 0.484 e. The van der Waals surface area contributed by atoms with Crippen molar-refractivity contribution < 1.29 is 142 Å². The molecule has 5 N–H and O–H groups in total. The summed E-state index contributed by atoms with van der Waals surface area (Å²) in [6.07, 6.45) is -6.37. The Morgan fingerprint density at radius 1 is 0.674 bits per heavy atom. The van der Waals surface area contributed by atoms with E-state index in [0.717, 1.165) is 50.1 Å². The Kier molecular flexibility index (Phi) is 37.6. The zero-order valence-electron chi connectivity index (χ0n) is 71.9. The van der Waals surface area contributed by atoms with Crippen molar-refractivity contribution in [3.05, 3.63) is 154 Å². The highest BCUT2D eigenvalue weighted by Crippen LogP contribution is 2.48. The number of aliphatic hydroxyl groups is 1. The van der Waals surface area contributed by atoms with Gasteiger partial charge in [-0.25, -0.2) is 24.5 Å². The Morgan fingerprint density at radius 3 is 1.96 bits per heavy atom. The second-order valence-corrected chi connectivity index (χ2v) is 32.1. The predicted octanol–water partition coefficient (Wildman–Crippen LogP) is 7.43. The number of hydrogen-bond donors (Lipinski definition) is 5. The van der Waals surface area contributed by atoms with E-state index in [4.69, 9.17) is 93.9 Å². The van der Waals surface area contributed by atoms with E-state index >= 15 is 0 Å². The molecule has 696 valence electrons. The lowest BCUT2D eigenvalue weighted by molar-refractivity contribution is -0.213. The molecular weight excluding hydrogens is 1730 g/mol. The Balaban J connectivity index is 0.730. The fourth-order valence-electron chi connectivity index (χ4n) is 15.7. The minimum atomic E-state index is -2.68. The summed E-state index contributed by atoms with van der Waals surface area (Å²) in [7, 11) is -0.574. The molecule has 12 rings (SSSR count). The number of carbonyl (C=O) groups excluding carboxylic acids is 8. The first kappa shape index (κ1) is 97.3. The maximum Gasteiger partial charge on any atom is 0.697 e. The molecule has 4 amide bonds. The number of fused-ring (bicyclic) bond motifs is 7. The monoisotopic (exact) mass is 1840 g/mol. The van der Waals surface area contributed by atoms with Gasteiger partial charge in [0.2, 0.25) is 17.7 Å². The maximum atomic E-state index is 14.9. The molecule has 4 aliphatic carbocycles. The van der Waals surface area contributed by atoms with Gasteiger partial charge in [0.1, 0.15) is 62.2 Å². The van der Waals surface area contributed by atoms with E-state index in [9.17, 15) is 52.8 Å². The topological polar surface area (TPSA) is 487 Å². The second-order valence-electron chi connectivity index (χ2n) is 30.4. The maximum absolute atomic E-state index is 14.9. The van der Waals surface area contributed by atoms with Gasteiger partial charge in [-0.1, -0.05) is 72.8 Å². The summed E-state index contributed by atoms with van der Waals surface area (Å²) in [6.45, 7) is 6.71. The Morgan fingerprint density at radius 2 is 1.31 bits per heavy atom. The lowest BCUT2D eigenvalue weighted by Gasteiger charge is -2.43. The number of methoxy groups -OCH3 is 2. The number of esters is 4. The number of hydrogen-bond acceptors (Lipinski definition) is 35. The lowest BCUT2D eigenvalue weighted by atomic mass is 9.80. The number of H-pyrrole nitrogens is 1. The molecule has 1 saturated heterocycles. The number of imidazole rings is 1. The summed E-state index contributed by atoms with van der Waals surface area (Å²) >= 11 is 0. The third kappa shape index (κ3) is 28.2. The van der Waals surface area contributed by atoms with Crippen LogP contribution in [0.15, 0.2) is 121 Å². The molecule has 3 aromatic heterocycles. The fraction of sp³-hybridized carbons (Fsp3) is 0.523. The standard InChI is InChI=1S/C86H106N10O31P2/c1-52(97)121-76-65(83(104)109-5)44-71(78(122-53(2)98)79(76)123-54(3)99)125-69-19-18-55(40-67(69)91-72(100)20-23-88-85(105)117-49-66-63-16-10-8-14-61(63)62-15-9-11-17-64(62)66)46-118-86(106)95(24-25-110-28-29-112-32-33-114-36-37-116-39-38-115-35-34-113-31-30-111-27-26-108-4)45-56-12-6-7-13-60(56)81(102)93-84-92-80-74(82(103)94-84)90-51-96(80)68-42-58-48-120-129(107)127-70-43-59(124-73-21-22-87-50-89-73)41-57(70)47-119-128-126-77(68)75(58)101/h6-19,21-22,40,50-51,57-59,65-66,68,70-71,75-79,101,128H,20,23-39,41-49H2,1-5H3,(H3-,88,91,92,93,94,100,102,103,105)/p+1/t57-,58-,59-,65+,68-,70+,71-,75-,76-,77+,78+,79+/m1/s1. The van der Waals surface area contributed by atoms with Crippen LogP contribution in [0.1, 0.15) is 97.4 Å². The first-order valence-electron chi connectivity index (χ1n) is 42.2. The third-order valence-electron chi connectivity index (χ3n) is 21.6. The number of carbonyl (C=O) groups is 8. The number of rotatable bonds is 45. The van der Waals surface area contributed by atoms with Crippen molar-refractivity contribution in [3.8, 4) is 22.8 Å². The van der Waals surface area contributed by atoms with E-state index in [1.54, 1.807) is 42.1 Å². The number of aromatic nitrogens is 6. The third-order valence-corrected chi connectivity index (χ3v) is 23.1. The molecule has 5 aliphatic rings. The number of anilines is 2. The summed E-state index contributed by atoms with van der Waals surface area (Å²) in [5, 5.41) is 20.0. The van der Waals surface area contributed by atoms with Gasteiger partial charge in [0.05, 0.1) is 137 Å². The Labute approximate surface area is 744 Å². The van der Waals surface area contributed by atoms with E-state index in [1.165, 1.54) is 41.8 Å². The van der Waals surface area contributed by atoms with E-state index in [-0.39, 0.29) is 155 Å². The van der Waals surface area contributed by atoms with Crippen molar-refractivity contribution in [3.63, 3.8) is 0 Å². The highest BCUT2D eigenvalue weighted by molar-refractivity contribution is 7.33. The molecule has 14 atom stereocenters. The van der Waals surface area contributed by atoms with Crippen LogP contribution in [0.4, 0.5) is 21.2 Å². The minimum absolute atomic E-state index is 0.000321. The molecule has 2 bridgehead atoms. The van der Waals surface area contributed by atoms with E-state index < -0.39 is 138 Å². The number of aromatic amines is 1. The highest BCUT2D eigenvalue weighted by atomic mass is 31.1. The molecule has 43 heteroatoms. The fourth-order valence-corrected chi connectivity index (χ4v) is 17.3. The van der Waals surface area contributed by atoms with Crippen LogP contribution in [-0.4, -0.2) is 282 Å². The molecule has 1 aliphatic heterocycles. The van der Waals surface area contributed by atoms with Gasteiger partial charge in [0.15, 0.2) is 38.5 Å². The number of aliphatic hydroxyl groups excluding tert-OH is 1. The largest absolute Gasteiger partial charge is 0.697 e. The SMILES string of the molecule is COCCOCCOCCOCCOCCOCCOCCOCCN(Cc1ccccc1C(=O)Nc1nc2c(ncn2[C@@H]2C[C@@H]3CO[P+](=O)O[C@H]4C[C@H](Oc5ccncn5)C[C@@H]4COPO[C@@H]2[C@@H]3O)c(=O)[nH]1)C(=O)OCc1ccc(O[C@@H]2C[C@H](C(=O)OC)[C@@H](OC(C)=O)[C@H](OC(C)=O)[C@H]2OC(C)=O)c(NC(=O)CCNC(=O)OCC2c3ccccc3-c3ccccc32)c1. The molecule has 7 aromatic rings. The number of benzene rings is 4. The first-order chi connectivity index (χ1) is 62.7. The van der Waals surface area contributed by atoms with Crippen molar-refractivity contribution in [2.45, 2.75) is 127 Å². The summed E-state index contributed by atoms with van der Waals surface area (Å²) in [4.78, 5) is 144. The quantitative estimate of drug-likeness (QED) is 0.0107. The zero-order valence-corrected chi connectivity index (χ0v) is 73.8. The second kappa shape index (κ2) is 49.9. The van der Waals surface area contributed by atoms with Gasteiger partial charge in [0.25, 0.3) is 11.5 Å². The van der Waals surface area contributed by atoms with E-state index in [2.05, 4.69) is 40.9 Å². The van der Waals surface area contributed by atoms with Gasteiger partial charge in [-0.3, -0.25) is 43.9 Å². The van der Waals surface area contributed by atoms with Crippen LogP contribution in [0.3, 0.4) is 0 Å². The van der Waals surface area contributed by atoms with Gasteiger partial charge < -0.3 is 110 Å².